The highest BCUT2D eigenvalue weighted by atomic mass is 19.1. The fourth-order valence-corrected chi connectivity index (χ4v) is 3.15. The minimum atomic E-state index is -0.355. The highest BCUT2D eigenvalue weighted by Gasteiger charge is 2.18. The van der Waals surface area contributed by atoms with Crippen LogP contribution in [0.3, 0.4) is 0 Å². The number of benzene rings is 1. The number of carbonyl (C=O) groups excluding carboxylic acids is 1. The third-order valence-electron chi connectivity index (χ3n) is 4.44. The molecule has 0 amide bonds. The van der Waals surface area contributed by atoms with Gasteiger partial charge in [-0.15, -0.1) is 0 Å². The summed E-state index contributed by atoms with van der Waals surface area (Å²) in [6, 6.07) is 6.30. The lowest BCUT2D eigenvalue weighted by molar-refractivity contribution is -0.118. The van der Waals surface area contributed by atoms with Gasteiger partial charge in [0.1, 0.15) is 29.3 Å². The predicted octanol–water partition coefficient (Wildman–Crippen LogP) is 3.91. The maximum Gasteiger partial charge on any atom is 0.141 e. The van der Waals surface area contributed by atoms with E-state index in [4.69, 9.17) is 4.74 Å². The van der Waals surface area contributed by atoms with Crippen molar-refractivity contribution in [2.45, 2.75) is 19.3 Å². The number of hydrogen-bond donors (Lipinski definition) is 1. The first-order valence-corrected chi connectivity index (χ1v) is 8.04. The van der Waals surface area contributed by atoms with Crippen molar-refractivity contribution < 1.29 is 13.9 Å². The summed E-state index contributed by atoms with van der Waals surface area (Å²) >= 11 is 0. The fourth-order valence-electron chi connectivity index (χ4n) is 3.15. The third-order valence-corrected chi connectivity index (χ3v) is 4.44. The number of halogens is 1. The second kappa shape index (κ2) is 6.12. The van der Waals surface area contributed by atoms with Crippen LogP contribution in [0.4, 0.5) is 4.39 Å². The van der Waals surface area contributed by atoms with Gasteiger partial charge in [0.15, 0.2) is 0 Å². The van der Waals surface area contributed by atoms with Crippen LogP contribution in [0.1, 0.15) is 25.0 Å². The van der Waals surface area contributed by atoms with Crippen LogP contribution in [0.15, 0.2) is 36.7 Å². The number of allylic oxidation sites excluding steroid dienone is 2. The van der Waals surface area contributed by atoms with Crippen LogP contribution in [0.2, 0.25) is 0 Å². The Labute approximate surface area is 143 Å². The van der Waals surface area contributed by atoms with E-state index in [0.717, 1.165) is 16.7 Å². The molecule has 1 N–H and O–H groups in total. The summed E-state index contributed by atoms with van der Waals surface area (Å²) in [5.74, 6) is 0.447. The number of fused-ring (bicyclic) bond motifs is 1. The Morgan fingerprint density at radius 1 is 1.20 bits per heavy atom. The second-order valence-electron chi connectivity index (χ2n) is 5.98. The zero-order valence-corrected chi connectivity index (χ0v) is 13.7. The molecule has 0 saturated carbocycles. The summed E-state index contributed by atoms with van der Waals surface area (Å²) < 4.78 is 19.1. The number of methoxy groups -OCH3 is 1. The van der Waals surface area contributed by atoms with E-state index >= 15 is 0 Å². The van der Waals surface area contributed by atoms with Crippen LogP contribution in [0.5, 0.6) is 5.75 Å². The van der Waals surface area contributed by atoms with Gasteiger partial charge in [0.25, 0.3) is 0 Å². The molecule has 4 rings (SSSR count). The van der Waals surface area contributed by atoms with Gasteiger partial charge in [-0.25, -0.2) is 14.4 Å². The SMILES string of the molecule is COc1ccc(F)cc1-c1ncnc2[nH]c(C3=CCC(=O)CC3)cc12. The Balaban J connectivity index is 1.87. The molecule has 1 aliphatic carbocycles. The molecule has 0 atom stereocenters. The molecule has 0 radical (unpaired) electrons. The molecule has 25 heavy (non-hydrogen) atoms. The summed E-state index contributed by atoms with van der Waals surface area (Å²) in [5.41, 5.74) is 3.86. The molecule has 2 heterocycles. The Bertz CT molecular complexity index is 1010. The standard InChI is InChI=1S/C19H16FN3O2/c1-25-17-7-4-12(20)8-14(17)18-15-9-16(23-19(15)22-10-21-18)11-2-5-13(24)6-3-11/h2,4,7-10H,3,5-6H2,1H3,(H,21,22,23). The van der Waals surface area contributed by atoms with Gasteiger partial charge in [0, 0.05) is 29.5 Å². The van der Waals surface area contributed by atoms with Gasteiger partial charge in [0.05, 0.1) is 12.8 Å². The molecule has 0 spiro atoms. The number of aromatic nitrogens is 3. The molecule has 1 aliphatic rings. The number of ketones is 1. The molecule has 5 nitrogen and oxygen atoms in total. The van der Waals surface area contributed by atoms with Crippen LogP contribution in [0, 0.1) is 5.82 Å². The first-order valence-electron chi connectivity index (χ1n) is 8.04. The monoisotopic (exact) mass is 337 g/mol. The zero-order valence-electron chi connectivity index (χ0n) is 13.7. The van der Waals surface area contributed by atoms with E-state index in [-0.39, 0.29) is 11.6 Å². The molecule has 0 unspecified atom stereocenters. The fraction of sp³-hybridized carbons (Fsp3) is 0.211. The van der Waals surface area contributed by atoms with Crippen molar-refractivity contribution in [3.05, 3.63) is 48.2 Å². The van der Waals surface area contributed by atoms with Crippen molar-refractivity contribution in [2.75, 3.05) is 7.11 Å². The van der Waals surface area contributed by atoms with Crippen LogP contribution in [-0.2, 0) is 4.79 Å². The van der Waals surface area contributed by atoms with Gasteiger partial charge in [0.2, 0.25) is 0 Å². The normalized spacial score (nSPS) is 14.6. The van der Waals surface area contributed by atoms with Crippen molar-refractivity contribution in [1.29, 1.82) is 0 Å². The second-order valence-corrected chi connectivity index (χ2v) is 5.98. The molecular weight excluding hydrogens is 321 g/mol. The molecule has 0 fully saturated rings. The van der Waals surface area contributed by atoms with Gasteiger partial charge in [-0.3, -0.25) is 4.79 Å². The highest BCUT2D eigenvalue weighted by molar-refractivity contribution is 5.95. The lowest BCUT2D eigenvalue weighted by Crippen LogP contribution is -2.02. The lowest BCUT2D eigenvalue weighted by atomic mass is 9.96. The Hall–Kier alpha value is -3.02. The van der Waals surface area contributed by atoms with Crippen LogP contribution < -0.4 is 4.74 Å². The van der Waals surface area contributed by atoms with Crippen molar-refractivity contribution in [2.24, 2.45) is 0 Å². The summed E-state index contributed by atoms with van der Waals surface area (Å²) in [6.07, 6.45) is 5.11. The molecule has 0 saturated heterocycles. The van der Waals surface area contributed by atoms with Crippen molar-refractivity contribution in [3.63, 3.8) is 0 Å². The number of hydrogen-bond acceptors (Lipinski definition) is 4. The number of aromatic amines is 1. The van der Waals surface area contributed by atoms with E-state index in [9.17, 15) is 9.18 Å². The van der Waals surface area contributed by atoms with E-state index < -0.39 is 0 Å². The number of Topliss-reactive ketones (excluding diaryl/α,β-unsaturated/α-hetero) is 1. The molecule has 1 aromatic carbocycles. The minimum Gasteiger partial charge on any atom is -0.496 e. The van der Waals surface area contributed by atoms with Gasteiger partial charge in [-0.1, -0.05) is 6.08 Å². The number of nitrogens with one attached hydrogen (secondary N) is 1. The number of rotatable bonds is 3. The molecular formula is C19H16FN3O2. The summed E-state index contributed by atoms with van der Waals surface area (Å²) in [6.45, 7) is 0. The van der Waals surface area contributed by atoms with Gasteiger partial charge in [-0.05, 0) is 36.3 Å². The smallest absolute Gasteiger partial charge is 0.141 e. The summed E-state index contributed by atoms with van der Waals surface area (Å²) in [7, 11) is 1.54. The van der Waals surface area contributed by atoms with Crippen LogP contribution in [-0.4, -0.2) is 27.8 Å². The Kier molecular flexibility index (Phi) is 3.80. The average Bonchev–Trinajstić information content (AvgIpc) is 3.06. The van der Waals surface area contributed by atoms with Gasteiger partial charge >= 0.3 is 0 Å². The topological polar surface area (TPSA) is 67.9 Å². The van der Waals surface area contributed by atoms with E-state index in [1.165, 1.54) is 18.5 Å². The molecule has 3 aromatic rings. The van der Waals surface area contributed by atoms with Gasteiger partial charge in [-0.2, -0.15) is 0 Å². The molecule has 2 aromatic heterocycles. The van der Waals surface area contributed by atoms with Crippen molar-refractivity contribution in [3.8, 4) is 17.0 Å². The first-order chi connectivity index (χ1) is 12.2. The average molecular weight is 337 g/mol. The predicted molar refractivity (Wildman–Crippen MR) is 92.7 cm³/mol. The number of H-pyrrole nitrogens is 1. The Morgan fingerprint density at radius 3 is 2.84 bits per heavy atom. The van der Waals surface area contributed by atoms with E-state index in [1.54, 1.807) is 13.2 Å². The maximum absolute atomic E-state index is 13.8. The van der Waals surface area contributed by atoms with Crippen molar-refractivity contribution in [1.82, 2.24) is 15.0 Å². The molecule has 6 heteroatoms. The lowest BCUT2D eigenvalue weighted by Gasteiger charge is -2.10. The highest BCUT2D eigenvalue weighted by Crippen LogP contribution is 2.35. The largest absolute Gasteiger partial charge is 0.496 e. The van der Waals surface area contributed by atoms with E-state index in [2.05, 4.69) is 15.0 Å². The molecule has 0 bridgehead atoms. The van der Waals surface area contributed by atoms with Crippen LogP contribution in [0.25, 0.3) is 27.9 Å². The first kappa shape index (κ1) is 15.5. The third kappa shape index (κ3) is 2.80. The van der Waals surface area contributed by atoms with E-state index in [1.807, 2.05) is 12.1 Å². The van der Waals surface area contributed by atoms with Crippen molar-refractivity contribution >= 4 is 22.4 Å². The maximum atomic E-state index is 13.8. The number of ether oxygens (including phenoxy) is 1. The minimum absolute atomic E-state index is 0.254. The zero-order chi connectivity index (χ0) is 17.4. The molecule has 0 aliphatic heterocycles. The quantitative estimate of drug-likeness (QED) is 0.787. The molecule has 126 valence electrons. The van der Waals surface area contributed by atoms with Gasteiger partial charge < -0.3 is 9.72 Å². The number of nitrogens with zero attached hydrogens (tertiary/aromatic N) is 2. The van der Waals surface area contributed by atoms with E-state index in [0.29, 0.717) is 41.9 Å². The van der Waals surface area contributed by atoms with Crippen LogP contribution >= 0.6 is 0 Å². The summed E-state index contributed by atoms with van der Waals surface area (Å²) in [4.78, 5) is 23.3. The number of carbonyl (C=O) groups is 1. The summed E-state index contributed by atoms with van der Waals surface area (Å²) in [5, 5.41) is 0.791. The Morgan fingerprint density at radius 2 is 2.08 bits per heavy atom.